The maximum Gasteiger partial charge on any atom is 0.222 e. The van der Waals surface area contributed by atoms with E-state index in [-0.39, 0.29) is 11.5 Å². The minimum atomic E-state index is -0.799. The van der Waals surface area contributed by atoms with Crippen LogP contribution >= 0.6 is 0 Å². The average molecular weight is 561 g/mol. The quantitative estimate of drug-likeness (QED) is 0.280. The highest BCUT2D eigenvalue weighted by Crippen LogP contribution is 2.53. The zero-order valence-electron chi connectivity index (χ0n) is 25.7. The summed E-state index contributed by atoms with van der Waals surface area (Å²) in [4.78, 5) is 18.5. The standard InChI is InChI=1S/C36H52N2O3/c1-28(2)25-38(34(39)16-9-5-8-13-29-11-6-4-7-12-29)32-19-20-36(40)27-37(26-30-17-18-30)22-21-35(36,24-32)31-14-10-15-33(23-31)41-3/h4,6-7,10-12,14-15,23,28,30,32,40H,5,8-9,13,16-22,24-27H2,1-3H3/t32-,35-,36-/m0/s1. The molecule has 1 saturated heterocycles. The summed E-state index contributed by atoms with van der Waals surface area (Å²) < 4.78 is 5.64. The highest BCUT2D eigenvalue weighted by Gasteiger charge is 2.58. The predicted octanol–water partition coefficient (Wildman–Crippen LogP) is 6.62. The van der Waals surface area contributed by atoms with Gasteiger partial charge in [-0.25, -0.2) is 0 Å². The number of β-amino-alcohol motifs (C(OH)–C–C–N with tert-alkyl or cyclic N) is 1. The van der Waals surface area contributed by atoms with E-state index < -0.39 is 5.60 Å². The van der Waals surface area contributed by atoms with Gasteiger partial charge >= 0.3 is 0 Å². The van der Waals surface area contributed by atoms with Gasteiger partial charge < -0.3 is 19.6 Å². The van der Waals surface area contributed by atoms with Crippen LogP contribution in [0.5, 0.6) is 5.75 Å². The average Bonchev–Trinajstić information content (AvgIpc) is 3.79. The summed E-state index contributed by atoms with van der Waals surface area (Å²) in [5, 5.41) is 12.5. The summed E-state index contributed by atoms with van der Waals surface area (Å²) in [5.41, 5.74) is 1.37. The Bertz CT molecular complexity index is 1130. The van der Waals surface area contributed by atoms with Gasteiger partial charge in [0.05, 0.1) is 12.7 Å². The van der Waals surface area contributed by atoms with E-state index in [1.165, 1.54) is 24.0 Å². The zero-order chi connectivity index (χ0) is 28.9. The van der Waals surface area contributed by atoms with E-state index in [1.807, 2.05) is 6.07 Å². The number of carbonyl (C=O) groups excluding carboxylic acids is 1. The number of methoxy groups -OCH3 is 1. The van der Waals surface area contributed by atoms with Crippen LogP contribution in [0.15, 0.2) is 54.6 Å². The van der Waals surface area contributed by atoms with E-state index in [4.69, 9.17) is 4.74 Å². The fourth-order valence-corrected chi connectivity index (χ4v) is 7.66. The maximum absolute atomic E-state index is 13.8. The van der Waals surface area contributed by atoms with Crippen LogP contribution in [0.4, 0.5) is 0 Å². The van der Waals surface area contributed by atoms with Crippen molar-refractivity contribution in [2.75, 3.05) is 33.3 Å². The molecular formula is C36H52N2O3. The molecule has 1 N–H and O–H groups in total. The molecule has 0 unspecified atom stereocenters. The fourth-order valence-electron chi connectivity index (χ4n) is 7.66. The van der Waals surface area contributed by atoms with E-state index in [9.17, 15) is 9.90 Å². The number of hydrogen-bond acceptors (Lipinski definition) is 4. The van der Waals surface area contributed by atoms with Crippen molar-refractivity contribution in [2.45, 2.75) is 102 Å². The van der Waals surface area contributed by atoms with E-state index in [2.05, 4.69) is 72.2 Å². The molecule has 1 aliphatic heterocycles. The second kappa shape index (κ2) is 13.3. The number of fused-ring (bicyclic) bond motifs is 1. The van der Waals surface area contributed by atoms with Crippen molar-refractivity contribution in [3.05, 3.63) is 65.7 Å². The van der Waals surface area contributed by atoms with Crippen LogP contribution in [0.1, 0.15) is 89.2 Å². The first-order chi connectivity index (χ1) is 19.8. The molecule has 0 radical (unpaired) electrons. The normalized spacial score (nSPS) is 26.5. The van der Waals surface area contributed by atoms with Crippen molar-refractivity contribution in [3.8, 4) is 5.75 Å². The summed E-state index contributed by atoms with van der Waals surface area (Å²) >= 11 is 0. The Morgan fingerprint density at radius 3 is 2.59 bits per heavy atom. The molecular weight excluding hydrogens is 508 g/mol. The number of benzene rings is 2. The van der Waals surface area contributed by atoms with Crippen LogP contribution in [-0.4, -0.2) is 65.7 Å². The molecule has 2 aliphatic carbocycles. The van der Waals surface area contributed by atoms with Crippen molar-refractivity contribution < 1.29 is 14.6 Å². The summed E-state index contributed by atoms with van der Waals surface area (Å²) in [6.45, 7) is 8.06. The first-order valence-corrected chi connectivity index (χ1v) is 16.2. The van der Waals surface area contributed by atoms with Gasteiger partial charge in [0.15, 0.2) is 0 Å². The number of ether oxygens (including phenoxy) is 1. The molecule has 0 bridgehead atoms. The smallest absolute Gasteiger partial charge is 0.222 e. The zero-order valence-corrected chi connectivity index (χ0v) is 25.7. The fraction of sp³-hybridized carbons (Fsp3) is 0.639. The van der Waals surface area contributed by atoms with Crippen LogP contribution in [0.25, 0.3) is 0 Å². The minimum Gasteiger partial charge on any atom is -0.497 e. The summed E-state index contributed by atoms with van der Waals surface area (Å²) in [6.07, 6.45) is 10.8. The number of nitrogens with zero attached hydrogens (tertiary/aromatic N) is 2. The second-order valence-electron chi connectivity index (χ2n) is 13.7. The van der Waals surface area contributed by atoms with Gasteiger partial charge in [-0.05, 0) is 99.4 Å². The molecule has 0 spiro atoms. The SMILES string of the molecule is COc1cccc([C@@]23CCN(CC4CC4)C[C@@]2(O)CC[C@H](N(CC(C)C)C(=O)CCCCCc2ccccc2)C3)c1. The summed E-state index contributed by atoms with van der Waals surface area (Å²) in [5.74, 6) is 2.35. The van der Waals surface area contributed by atoms with Gasteiger partial charge in [0.2, 0.25) is 5.91 Å². The van der Waals surface area contributed by atoms with E-state index in [0.717, 1.165) is 89.2 Å². The predicted molar refractivity (Wildman–Crippen MR) is 166 cm³/mol. The summed E-state index contributed by atoms with van der Waals surface area (Å²) in [6, 6.07) is 19.2. The molecule has 2 aromatic rings. The van der Waals surface area contributed by atoms with Gasteiger partial charge in [0.1, 0.15) is 5.75 Å². The molecule has 0 aromatic heterocycles. The lowest BCUT2D eigenvalue weighted by Crippen LogP contribution is -2.67. The Morgan fingerprint density at radius 2 is 1.85 bits per heavy atom. The summed E-state index contributed by atoms with van der Waals surface area (Å²) in [7, 11) is 1.72. The third kappa shape index (κ3) is 7.17. The number of hydrogen-bond donors (Lipinski definition) is 1. The lowest BCUT2D eigenvalue weighted by Gasteiger charge is -2.59. The Labute approximate surface area is 248 Å². The Kier molecular flexibility index (Phi) is 9.76. The molecule has 2 aromatic carbocycles. The highest BCUT2D eigenvalue weighted by molar-refractivity contribution is 5.76. The first kappa shape index (κ1) is 30.1. The van der Waals surface area contributed by atoms with Crippen molar-refractivity contribution in [1.29, 1.82) is 0 Å². The maximum atomic E-state index is 13.8. The van der Waals surface area contributed by atoms with Crippen LogP contribution < -0.4 is 4.74 Å². The topological polar surface area (TPSA) is 53.0 Å². The third-order valence-corrected chi connectivity index (χ3v) is 10.1. The molecule has 2 saturated carbocycles. The van der Waals surface area contributed by atoms with Gasteiger partial charge in [-0.15, -0.1) is 0 Å². The number of aliphatic hydroxyl groups is 1. The van der Waals surface area contributed by atoms with Crippen LogP contribution in [0.3, 0.4) is 0 Å². The molecule has 1 heterocycles. The molecule has 3 atom stereocenters. The van der Waals surface area contributed by atoms with Crippen LogP contribution in [-0.2, 0) is 16.6 Å². The molecule has 5 rings (SSSR count). The largest absolute Gasteiger partial charge is 0.497 e. The van der Waals surface area contributed by atoms with Crippen molar-refractivity contribution >= 4 is 5.91 Å². The van der Waals surface area contributed by atoms with Crippen molar-refractivity contribution in [2.24, 2.45) is 11.8 Å². The molecule has 5 nitrogen and oxygen atoms in total. The molecule has 3 fully saturated rings. The number of amides is 1. The molecule has 1 amide bonds. The number of aryl methyl sites for hydroxylation is 1. The number of rotatable bonds is 13. The lowest BCUT2D eigenvalue weighted by atomic mass is 9.55. The van der Waals surface area contributed by atoms with E-state index >= 15 is 0 Å². The number of likely N-dealkylation sites (tertiary alicyclic amines) is 1. The first-order valence-electron chi connectivity index (χ1n) is 16.2. The Hall–Kier alpha value is -2.37. The highest BCUT2D eigenvalue weighted by atomic mass is 16.5. The number of piperidine rings is 1. The Balaban J connectivity index is 1.31. The van der Waals surface area contributed by atoms with Gasteiger partial charge in [-0.1, -0.05) is 62.7 Å². The van der Waals surface area contributed by atoms with Crippen molar-refractivity contribution in [3.63, 3.8) is 0 Å². The molecule has 5 heteroatoms. The monoisotopic (exact) mass is 560 g/mol. The Morgan fingerprint density at radius 1 is 1.05 bits per heavy atom. The van der Waals surface area contributed by atoms with Crippen LogP contribution in [0, 0.1) is 11.8 Å². The van der Waals surface area contributed by atoms with Gasteiger partial charge in [-0.2, -0.15) is 0 Å². The molecule has 224 valence electrons. The molecule has 41 heavy (non-hydrogen) atoms. The van der Waals surface area contributed by atoms with Gasteiger partial charge in [0, 0.05) is 37.5 Å². The van der Waals surface area contributed by atoms with Crippen molar-refractivity contribution in [1.82, 2.24) is 9.80 Å². The van der Waals surface area contributed by atoms with E-state index in [0.29, 0.717) is 18.2 Å². The lowest BCUT2D eigenvalue weighted by molar-refractivity contribution is -0.150. The van der Waals surface area contributed by atoms with Gasteiger partial charge in [-0.3, -0.25) is 4.79 Å². The number of unbranched alkanes of at least 4 members (excludes halogenated alkanes) is 2. The van der Waals surface area contributed by atoms with Crippen LogP contribution in [0.2, 0.25) is 0 Å². The van der Waals surface area contributed by atoms with Gasteiger partial charge in [0.25, 0.3) is 0 Å². The second-order valence-corrected chi connectivity index (χ2v) is 13.7. The minimum absolute atomic E-state index is 0.149. The molecule has 3 aliphatic rings. The van der Waals surface area contributed by atoms with E-state index in [1.54, 1.807) is 7.11 Å². The third-order valence-electron chi connectivity index (χ3n) is 10.1. The number of carbonyl (C=O) groups is 1.